The highest BCUT2D eigenvalue weighted by Gasteiger charge is 2.33. The van der Waals surface area contributed by atoms with Gasteiger partial charge in [0.15, 0.2) is 16.3 Å². The van der Waals surface area contributed by atoms with Crippen molar-refractivity contribution in [3.8, 4) is 11.5 Å². The van der Waals surface area contributed by atoms with Gasteiger partial charge in [0.25, 0.3) is 5.56 Å². The number of allylic oxidation sites excluding steroid dienone is 1. The number of benzene rings is 3. The second-order valence-corrected chi connectivity index (χ2v) is 11.2. The average molecular weight is 603 g/mol. The minimum Gasteiger partial charge on any atom is -0.490 e. The van der Waals surface area contributed by atoms with Crippen molar-refractivity contribution in [2.75, 3.05) is 13.2 Å². The quantitative estimate of drug-likeness (QED) is 0.228. The summed E-state index contributed by atoms with van der Waals surface area (Å²) in [4.78, 5) is 32.2. The standard InChI is InChI=1S/C33H31ClN2O5S/c1-5-39-27-17-23(11-16-26(27)41-19-22-9-14-25(34)15-10-22)18-28-31(37)36-30(24-12-7-20(3)8-13-24)29(32(38)40-6-2)21(4)35-33(36)42-28/h7-18,30H,5-6,19H2,1-4H3/b28-18-/t30-/m0/s1. The molecule has 3 aromatic carbocycles. The van der Waals surface area contributed by atoms with Crippen molar-refractivity contribution in [3.63, 3.8) is 0 Å². The molecule has 0 unspecified atom stereocenters. The SMILES string of the molecule is CCOC(=O)C1=C(C)N=c2s/c(=C\c3ccc(OCc4ccc(Cl)cc4)c(OCC)c3)c(=O)n2[C@H]1c1ccc(C)cc1. The molecule has 1 atom stereocenters. The van der Waals surface area contributed by atoms with E-state index in [-0.39, 0.29) is 12.2 Å². The summed E-state index contributed by atoms with van der Waals surface area (Å²) in [6.07, 6.45) is 1.81. The fourth-order valence-corrected chi connectivity index (χ4v) is 5.92. The van der Waals surface area contributed by atoms with Crippen LogP contribution in [0.5, 0.6) is 11.5 Å². The zero-order chi connectivity index (χ0) is 29.8. The summed E-state index contributed by atoms with van der Waals surface area (Å²) < 4.78 is 19.4. The van der Waals surface area contributed by atoms with E-state index >= 15 is 0 Å². The van der Waals surface area contributed by atoms with E-state index in [9.17, 15) is 9.59 Å². The van der Waals surface area contributed by atoms with Crippen LogP contribution in [-0.4, -0.2) is 23.8 Å². The lowest BCUT2D eigenvalue weighted by atomic mass is 9.95. The van der Waals surface area contributed by atoms with E-state index in [1.165, 1.54) is 11.3 Å². The van der Waals surface area contributed by atoms with Crippen LogP contribution in [-0.2, 0) is 16.1 Å². The van der Waals surface area contributed by atoms with Gasteiger partial charge < -0.3 is 14.2 Å². The molecule has 0 radical (unpaired) electrons. The Morgan fingerprint density at radius 2 is 1.71 bits per heavy atom. The summed E-state index contributed by atoms with van der Waals surface area (Å²) in [6, 6.07) is 20.2. The van der Waals surface area contributed by atoms with Gasteiger partial charge in [-0.2, -0.15) is 0 Å². The molecule has 2 heterocycles. The molecule has 0 fully saturated rings. The van der Waals surface area contributed by atoms with Crippen molar-refractivity contribution >= 4 is 35.0 Å². The molecule has 5 rings (SSSR count). The lowest BCUT2D eigenvalue weighted by Crippen LogP contribution is -2.39. The number of hydrogen-bond acceptors (Lipinski definition) is 7. The summed E-state index contributed by atoms with van der Waals surface area (Å²) in [5.41, 5.74) is 4.30. The minimum atomic E-state index is -0.648. The molecule has 0 N–H and O–H groups in total. The first-order chi connectivity index (χ1) is 20.3. The maximum absolute atomic E-state index is 13.9. The minimum absolute atomic E-state index is 0.224. The lowest BCUT2D eigenvalue weighted by molar-refractivity contribution is -0.139. The van der Waals surface area contributed by atoms with Crippen molar-refractivity contribution in [1.82, 2.24) is 4.57 Å². The van der Waals surface area contributed by atoms with Crippen LogP contribution in [0.3, 0.4) is 0 Å². The Bertz CT molecular complexity index is 1820. The molecule has 42 heavy (non-hydrogen) atoms. The largest absolute Gasteiger partial charge is 0.490 e. The highest BCUT2D eigenvalue weighted by molar-refractivity contribution is 7.07. The number of carbonyl (C=O) groups excluding carboxylic acids is 1. The Morgan fingerprint density at radius 3 is 2.40 bits per heavy atom. The summed E-state index contributed by atoms with van der Waals surface area (Å²) in [7, 11) is 0. The molecule has 0 bridgehead atoms. The zero-order valence-corrected chi connectivity index (χ0v) is 25.4. The number of carbonyl (C=O) groups is 1. The number of rotatable bonds is 9. The molecule has 9 heteroatoms. The molecule has 0 aliphatic carbocycles. The van der Waals surface area contributed by atoms with Crippen LogP contribution in [0.1, 0.15) is 49.1 Å². The number of nitrogens with zero attached hydrogens (tertiary/aromatic N) is 2. The third-order valence-corrected chi connectivity index (χ3v) is 8.02. The van der Waals surface area contributed by atoms with E-state index < -0.39 is 12.0 Å². The molecule has 0 saturated heterocycles. The molecular weight excluding hydrogens is 572 g/mol. The fraction of sp³-hybridized carbons (Fsp3) is 0.242. The zero-order valence-electron chi connectivity index (χ0n) is 23.8. The molecule has 0 saturated carbocycles. The van der Waals surface area contributed by atoms with Crippen LogP contribution < -0.4 is 24.4 Å². The fourth-order valence-electron chi connectivity index (χ4n) is 4.75. The Morgan fingerprint density at radius 1 is 0.976 bits per heavy atom. The first-order valence-corrected chi connectivity index (χ1v) is 14.9. The number of aromatic nitrogens is 1. The third kappa shape index (κ3) is 6.20. The van der Waals surface area contributed by atoms with E-state index in [0.717, 1.165) is 22.3 Å². The van der Waals surface area contributed by atoms with Crippen LogP contribution >= 0.6 is 22.9 Å². The van der Waals surface area contributed by atoms with Crippen molar-refractivity contribution in [3.05, 3.63) is 125 Å². The first-order valence-electron chi connectivity index (χ1n) is 13.7. The number of aryl methyl sites for hydroxylation is 1. The van der Waals surface area contributed by atoms with Crippen molar-refractivity contribution in [1.29, 1.82) is 0 Å². The molecule has 1 aliphatic heterocycles. The van der Waals surface area contributed by atoms with Crippen LogP contribution in [0, 0.1) is 6.92 Å². The van der Waals surface area contributed by atoms with E-state index in [4.69, 9.17) is 25.8 Å². The smallest absolute Gasteiger partial charge is 0.338 e. The number of hydrogen-bond donors (Lipinski definition) is 0. The first kappa shape index (κ1) is 29.4. The second-order valence-electron chi connectivity index (χ2n) is 9.77. The number of fused-ring (bicyclic) bond motifs is 1. The third-order valence-electron chi connectivity index (χ3n) is 6.78. The number of ether oxygens (including phenoxy) is 3. The Labute approximate surface area is 253 Å². The van der Waals surface area contributed by atoms with Crippen LogP contribution in [0.4, 0.5) is 0 Å². The predicted molar refractivity (Wildman–Crippen MR) is 165 cm³/mol. The van der Waals surface area contributed by atoms with E-state index in [1.807, 2.05) is 86.7 Å². The topological polar surface area (TPSA) is 79.1 Å². The van der Waals surface area contributed by atoms with Gasteiger partial charge in [0, 0.05) is 5.02 Å². The monoisotopic (exact) mass is 602 g/mol. The molecule has 1 aromatic heterocycles. The van der Waals surface area contributed by atoms with E-state index in [0.29, 0.717) is 50.3 Å². The second kappa shape index (κ2) is 12.8. The summed E-state index contributed by atoms with van der Waals surface area (Å²) >= 11 is 7.27. The van der Waals surface area contributed by atoms with Gasteiger partial charge >= 0.3 is 5.97 Å². The van der Waals surface area contributed by atoms with E-state index in [1.54, 1.807) is 18.4 Å². The van der Waals surface area contributed by atoms with Gasteiger partial charge in [-0.05, 0) is 74.7 Å². The molecule has 7 nitrogen and oxygen atoms in total. The predicted octanol–water partition coefficient (Wildman–Crippen LogP) is 5.74. The maximum atomic E-state index is 13.9. The maximum Gasteiger partial charge on any atom is 0.338 e. The highest BCUT2D eigenvalue weighted by Crippen LogP contribution is 2.32. The molecule has 4 aromatic rings. The summed E-state index contributed by atoms with van der Waals surface area (Å²) in [6.45, 7) is 8.47. The number of thiazole rings is 1. The molecule has 216 valence electrons. The average Bonchev–Trinajstić information content (AvgIpc) is 3.27. The van der Waals surface area contributed by atoms with Gasteiger partial charge in [-0.1, -0.05) is 71.0 Å². The number of esters is 1. The normalized spacial score (nSPS) is 14.8. The van der Waals surface area contributed by atoms with Crippen LogP contribution in [0.2, 0.25) is 5.02 Å². The van der Waals surface area contributed by atoms with Crippen LogP contribution in [0.15, 0.2) is 87.8 Å². The Balaban J connectivity index is 1.54. The van der Waals surface area contributed by atoms with Gasteiger partial charge in [0.2, 0.25) is 0 Å². The van der Waals surface area contributed by atoms with Crippen molar-refractivity contribution in [2.45, 2.75) is 40.3 Å². The molecular formula is C33H31ClN2O5S. The molecule has 0 spiro atoms. The van der Waals surface area contributed by atoms with Crippen molar-refractivity contribution < 1.29 is 19.0 Å². The van der Waals surface area contributed by atoms with E-state index in [2.05, 4.69) is 4.99 Å². The summed E-state index contributed by atoms with van der Waals surface area (Å²) in [5.74, 6) is 0.694. The Hall–Kier alpha value is -4.14. The van der Waals surface area contributed by atoms with Crippen LogP contribution in [0.25, 0.3) is 6.08 Å². The van der Waals surface area contributed by atoms with Crippen molar-refractivity contribution in [2.24, 2.45) is 4.99 Å². The van der Waals surface area contributed by atoms with Gasteiger partial charge in [0.05, 0.1) is 35.1 Å². The molecule has 0 amide bonds. The molecule has 1 aliphatic rings. The summed E-state index contributed by atoms with van der Waals surface area (Å²) in [5, 5.41) is 0.667. The highest BCUT2D eigenvalue weighted by atomic mass is 35.5. The van der Waals surface area contributed by atoms with Gasteiger partial charge in [0.1, 0.15) is 6.61 Å². The number of halogens is 1. The van der Waals surface area contributed by atoms with Gasteiger partial charge in [-0.3, -0.25) is 9.36 Å². The Kier molecular flexibility index (Phi) is 8.94. The van der Waals surface area contributed by atoms with Gasteiger partial charge in [-0.25, -0.2) is 9.79 Å². The lowest BCUT2D eigenvalue weighted by Gasteiger charge is -2.24. The van der Waals surface area contributed by atoms with Gasteiger partial charge in [-0.15, -0.1) is 0 Å².